The largest absolute Gasteiger partial charge is 0.434 e. The van der Waals surface area contributed by atoms with E-state index in [4.69, 9.17) is 0 Å². The van der Waals surface area contributed by atoms with Crippen LogP contribution in [0, 0.1) is 0 Å². The molecule has 1 N–H and O–H groups in total. The second-order valence-corrected chi connectivity index (χ2v) is 5.12. The van der Waals surface area contributed by atoms with Crippen LogP contribution in [0.2, 0.25) is 0 Å². The first-order valence-electron chi connectivity index (χ1n) is 6.36. The van der Waals surface area contributed by atoms with Gasteiger partial charge in [0, 0.05) is 23.7 Å². The first-order valence-corrected chi connectivity index (χ1v) is 7.24. The average molecular weight is 298 g/mol. The van der Waals surface area contributed by atoms with E-state index in [1.54, 1.807) is 41.8 Å². The highest BCUT2D eigenvalue weighted by Crippen LogP contribution is 2.23. The van der Waals surface area contributed by atoms with Crippen molar-refractivity contribution in [2.45, 2.75) is 32.5 Å². The van der Waals surface area contributed by atoms with E-state index in [-0.39, 0.29) is 11.8 Å². The minimum absolute atomic E-state index is 0.120. The molecule has 0 aliphatic carbocycles. The number of ether oxygens (including phenoxy) is 1. The predicted molar refractivity (Wildman–Crippen MR) is 75.1 cm³/mol. The van der Waals surface area contributed by atoms with Gasteiger partial charge in [0.25, 0.3) is 0 Å². The van der Waals surface area contributed by atoms with Gasteiger partial charge in [-0.3, -0.25) is 0 Å². The zero-order chi connectivity index (χ0) is 14.4. The zero-order valence-corrected chi connectivity index (χ0v) is 11.9. The summed E-state index contributed by atoms with van der Waals surface area (Å²) in [6.45, 7) is -0.293. The second-order valence-electron chi connectivity index (χ2n) is 4.20. The van der Waals surface area contributed by atoms with Crippen LogP contribution in [0.15, 0.2) is 35.8 Å². The van der Waals surface area contributed by atoms with Gasteiger partial charge in [0.05, 0.1) is 6.04 Å². The maximum atomic E-state index is 12.3. The number of thiazole rings is 1. The van der Waals surface area contributed by atoms with Crippen LogP contribution < -0.4 is 10.1 Å². The van der Waals surface area contributed by atoms with E-state index in [1.165, 1.54) is 0 Å². The van der Waals surface area contributed by atoms with Gasteiger partial charge in [0.2, 0.25) is 0 Å². The summed E-state index contributed by atoms with van der Waals surface area (Å²) >= 11 is 1.58. The summed E-state index contributed by atoms with van der Waals surface area (Å²) in [5.41, 5.74) is 0.711. The standard InChI is InChI=1S/C14H16F2N2OS/c1-2-11(13-17-7-8-20-13)18-9-10-5-3-4-6-12(10)19-14(15)16/h3-8,11,14,18H,2,9H2,1H3. The summed E-state index contributed by atoms with van der Waals surface area (Å²) in [7, 11) is 0. The number of para-hydroxylation sites is 1. The lowest BCUT2D eigenvalue weighted by atomic mass is 10.1. The molecular formula is C14H16F2N2OS. The Balaban J connectivity index is 2.03. The van der Waals surface area contributed by atoms with Gasteiger partial charge in [-0.2, -0.15) is 8.78 Å². The second kappa shape index (κ2) is 7.31. The summed E-state index contributed by atoms with van der Waals surface area (Å²) in [6.07, 6.45) is 2.64. The highest BCUT2D eigenvalue weighted by Gasteiger charge is 2.13. The SMILES string of the molecule is CCC(NCc1ccccc1OC(F)F)c1nccs1. The summed E-state index contributed by atoms with van der Waals surface area (Å²) < 4.78 is 29.2. The molecule has 1 heterocycles. The monoisotopic (exact) mass is 298 g/mol. The third-order valence-corrected chi connectivity index (χ3v) is 3.77. The van der Waals surface area contributed by atoms with Crippen LogP contribution in [0.4, 0.5) is 8.78 Å². The Morgan fingerprint density at radius 2 is 2.15 bits per heavy atom. The maximum absolute atomic E-state index is 12.3. The minimum Gasteiger partial charge on any atom is -0.434 e. The molecule has 0 saturated heterocycles. The van der Waals surface area contributed by atoms with Crippen LogP contribution in [-0.4, -0.2) is 11.6 Å². The molecule has 0 aliphatic rings. The van der Waals surface area contributed by atoms with E-state index in [1.807, 2.05) is 5.38 Å². The van der Waals surface area contributed by atoms with Crippen molar-refractivity contribution in [3.05, 3.63) is 46.4 Å². The summed E-state index contributed by atoms with van der Waals surface area (Å²) in [5, 5.41) is 6.25. The molecule has 0 radical (unpaired) electrons. The molecular weight excluding hydrogens is 282 g/mol. The van der Waals surface area contributed by atoms with E-state index in [2.05, 4.69) is 22.0 Å². The number of hydrogen-bond acceptors (Lipinski definition) is 4. The van der Waals surface area contributed by atoms with E-state index in [9.17, 15) is 8.78 Å². The Bertz CT molecular complexity index is 520. The molecule has 0 amide bonds. The van der Waals surface area contributed by atoms with Crippen LogP contribution in [0.3, 0.4) is 0 Å². The fourth-order valence-corrected chi connectivity index (χ4v) is 2.70. The molecule has 3 nitrogen and oxygen atoms in total. The first-order chi connectivity index (χ1) is 9.70. The van der Waals surface area contributed by atoms with Crippen molar-refractivity contribution >= 4 is 11.3 Å². The molecule has 0 fully saturated rings. The fourth-order valence-electron chi connectivity index (χ4n) is 1.91. The molecule has 1 atom stereocenters. The van der Waals surface area contributed by atoms with E-state index >= 15 is 0 Å². The average Bonchev–Trinajstić information content (AvgIpc) is 2.95. The summed E-state index contributed by atoms with van der Waals surface area (Å²) in [5.74, 6) is 0.212. The van der Waals surface area contributed by atoms with Gasteiger partial charge >= 0.3 is 6.61 Å². The van der Waals surface area contributed by atoms with Crippen LogP contribution in [0.25, 0.3) is 0 Å². The third kappa shape index (κ3) is 3.98. The number of hydrogen-bond donors (Lipinski definition) is 1. The number of aromatic nitrogens is 1. The molecule has 1 unspecified atom stereocenters. The molecule has 1 aromatic carbocycles. The Hall–Kier alpha value is -1.53. The topological polar surface area (TPSA) is 34.1 Å². The van der Waals surface area contributed by atoms with Crippen LogP contribution in [0.1, 0.15) is 30.0 Å². The van der Waals surface area contributed by atoms with Gasteiger partial charge in [-0.05, 0) is 12.5 Å². The number of nitrogens with one attached hydrogen (secondary N) is 1. The van der Waals surface area contributed by atoms with Crippen molar-refractivity contribution in [1.82, 2.24) is 10.3 Å². The zero-order valence-electron chi connectivity index (χ0n) is 11.1. The molecule has 20 heavy (non-hydrogen) atoms. The lowest BCUT2D eigenvalue weighted by molar-refractivity contribution is -0.0505. The molecule has 6 heteroatoms. The normalized spacial score (nSPS) is 12.6. The highest BCUT2D eigenvalue weighted by atomic mass is 32.1. The maximum Gasteiger partial charge on any atom is 0.387 e. The number of halogens is 2. The number of rotatable bonds is 7. The predicted octanol–water partition coefficient (Wildman–Crippen LogP) is 3.99. The van der Waals surface area contributed by atoms with Crippen LogP contribution >= 0.6 is 11.3 Å². The van der Waals surface area contributed by atoms with Crippen molar-refractivity contribution < 1.29 is 13.5 Å². The van der Waals surface area contributed by atoms with Crippen LogP contribution in [-0.2, 0) is 6.54 Å². The van der Waals surface area contributed by atoms with Crippen LogP contribution in [0.5, 0.6) is 5.75 Å². The lowest BCUT2D eigenvalue weighted by Gasteiger charge is -2.16. The first kappa shape index (κ1) is 14.9. The van der Waals surface area contributed by atoms with Crippen molar-refractivity contribution in [3.63, 3.8) is 0 Å². The molecule has 108 valence electrons. The Morgan fingerprint density at radius 1 is 1.35 bits per heavy atom. The van der Waals surface area contributed by atoms with Crippen molar-refractivity contribution in [1.29, 1.82) is 0 Å². The lowest BCUT2D eigenvalue weighted by Crippen LogP contribution is -2.20. The molecule has 2 aromatic rings. The van der Waals surface area contributed by atoms with E-state index in [0.29, 0.717) is 12.1 Å². The van der Waals surface area contributed by atoms with Crippen molar-refractivity contribution in [3.8, 4) is 5.75 Å². The fraction of sp³-hybridized carbons (Fsp3) is 0.357. The van der Waals surface area contributed by atoms with Gasteiger partial charge in [-0.15, -0.1) is 11.3 Å². The molecule has 2 rings (SSSR count). The van der Waals surface area contributed by atoms with Gasteiger partial charge in [-0.25, -0.2) is 4.98 Å². The van der Waals surface area contributed by atoms with Gasteiger partial charge in [0.1, 0.15) is 10.8 Å². The molecule has 1 aromatic heterocycles. The summed E-state index contributed by atoms with van der Waals surface area (Å²) in [4.78, 5) is 4.28. The Kier molecular flexibility index (Phi) is 5.43. The third-order valence-electron chi connectivity index (χ3n) is 2.89. The highest BCUT2D eigenvalue weighted by molar-refractivity contribution is 7.09. The van der Waals surface area contributed by atoms with E-state index in [0.717, 1.165) is 11.4 Å². The molecule has 0 spiro atoms. The smallest absolute Gasteiger partial charge is 0.387 e. The molecule has 0 saturated carbocycles. The number of alkyl halides is 2. The van der Waals surface area contributed by atoms with Crippen molar-refractivity contribution in [2.75, 3.05) is 0 Å². The van der Waals surface area contributed by atoms with Gasteiger partial charge in [-0.1, -0.05) is 25.1 Å². The Labute approximate surface area is 120 Å². The Morgan fingerprint density at radius 3 is 2.80 bits per heavy atom. The quantitative estimate of drug-likeness (QED) is 0.839. The number of nitrogens with zero attached hydrogens (tertiary/aromatic N) is 1. The van der Waals surface area contributed by atoms with Crippen molar-refractivity contribution in [2.24, 2.45) is 0 Å². The summed E-state index contributed by atoms with van der Waals surface area (Å²) in [6, 6.07) is 6.93. The van der Waals surface area contributed by atoms with Gasteiger partial charge in [0.15, 0.2) is 0 Å². The number of benzene rings is 1. The van der Waals surface area contributed by atoms with Gasteiger partial charge < -0.3 is 10.1 Å². The van der Waals surface area contributed by atoms with E-state index < -0.39 is 6.61 Å². The molecule has 0 aliphatic heterocycles. The minimum atomic E-state index is -2.81. The molecule has 0 bridgehead atoms.